The molecule has 0 N–H and O–H groups in total. The third-order valence-electron chi connectivity index (χ3n) is 8.42. The number of benzene rings is 2. The van der Waals surface area contributed by atoms with Crippen molar-refractivity contribution in [1.82, 2.24) is 0 Å². The lowest BCUT2D eigenvalue weighted by atomic mass is 9.87. The average Bonchev–Trinajstić information content (AvgIpc) is 2.84. The lowest BCUT2D eigenvalue weighted by Crippen LogP contribution is -2.54. The monoisotopic (exact) mass is 517 g/mol. The zero-order valence-electron chi connectivity index (χ0n) is 21.6. The van der Waals surface area contributed by atoms with Crippen molar-refractivity contribution >= 4 is 41.8 Å². The minimum Gasteiger partial charge on any atom is -0.378 e. The normalized spacial score (nSPS) is 22.6. The van der Waals surface area contributed by atoms with Crippen LogP contribution in [0.15, 0.2) is 71.5 Å². The van der Waals surface area contributed by atoms with Crippen LogP contribution >= 0.6 is 11.6 Å². The first-order valence-corrected chi connectivity index (χ1v) is 16.3. The van der Waals surface area contributed by atoms with E-state index in [9.17, 15) is 0 Å². The SMILES string of the molecule is COC1CN(c2ccc3c(c2)[Si](C)(C)C2=CC(=[N+]4CC(OC)C4)C=CC2=C3c2ccccc2CCl)C1. The van der Waals surface area contributed by atoms with E-state index in [0.29, 0.717) is 18.1 Å². The van der Waals surface area contributed by atoms with Gasteiger partial charge in [0, 0.05) is 51.0 Å². The van der Waals surface area contributed by atoms with Gasteiger partial charge in [-0.05, 0) is 56.4 Å². The van der Waals surface area contributed by atoms with E-state index in [1.807, 2.05) is 14.2 Å². The van der Waals surface area contributed by atoms with Gasteiger partial charge in [-0.1, -0.05) is 43.4 Å². The summed E-state index contributed by atoms with van der Waals surface area (Å²) < 4.78 is 13.5. The molecule has 2 aromatic carbocycles. The van der Waals surface area contributed by atoms with Crippen LogP contribution in [0.5, 0.6) is 0 Å². The molecule has 4 nitrogen and oxygen atoms in total. The van der Waals surface area contributed by atoms with Gasteiger partial charge in [0.2, 0.25) is 0 Å². The summed E-state index contributed by atoms with van der Waals surface area (Å²) in [6.07, 6.45) is 7.79. The summed E-state index contributed by atoms with van der Waals surface area (Å²) in [6, 6.07) is 15.7. The highest BCUT2D eigenvalue weighted by atomic mass is 35.5. The molecule has 6 heteroatoms. The molecule has 0 aromatic heterocycles. The predicted octanol–water partition coefficient (Wildman–Crippen LogP) is 4.51. The molecular formula is C30H34ClN2O2Si+. The molecule has 186 valence electrons. The Labute approximate surface area is 220 Å². The topological polar surface area (TPSA) is 24.7 Å². The Balaban J connectivity index is 1.53. The van der Waals surface area contributed by atoms with E-state index in [-0.39, 0.29) is 0 Å². The van der Waals surface area contributed by atoms with Gasteiger partial charge < -0.3 is 14.4 Å². The Hall–Kier alpha value is -2.44. The second-order valence-corrected chi connectivity index (χ2v) is 15.4. The second-order valence-electron chi connectivity index (χ2n) is 10.8. The molecule has 2 aromatic rings. The lowest BCUT2D eigenvalue weighted by molar-refractivity contribution is -0.607. The zero-order chi connectivity index (χ0) is 25.0. The Kier molecular flexibility index (Phi) is 6.07. The molecule has 4 aliphatic rings. The summed E-state index contributed by atoms with van der Waals surface area (Å²) in [5.74, 6) is 0.500. The van der Waals surface area contributed by atoms with Crippen LogP contribution in [-0.4, -0.2) is 71.0 Å². The molecule has 3 heterocycles. The number of fused-ring (bicyclic) bond motifs is 2. The minimum absolute atomic E-state index is 0.333. The van der Waals surface area contributed by atoms with E-state index in [1.165, 1.54) is 49.6 Å². The summed E-state index contributed by atoms with van der Waals surface area (Å²) in [6.45, 7) is 8.84. The van der Waals surface area contributed by atoms with Gasteiger partial charge in [-0.3, -0.25) is 0 Å². The van der Waals surface area contributed by atoms with Gasteiger partial charge in [0.1, 0.15) is 8.07 Å². The third kappa shape index (κ3) is 3.76. The van der Waals surface area contributed by atoms with Crippen LogP contribution in [0, 0.1) is 0 Å². The van der Waals surface area contributed by atoms with Crippen molar-refractivity contribution in [1.29, 1.82) is 0 Å². The Morgan fingerprint density at radius 3 is 2.44 bits per heavy atom. The molecule has 6 rings (SSSR count). The smallest absolute Gasteiger partial charge is 0.200 e. The van der Waals surface area contributed by atoms with E-state index in [0.717, 1.165) is 26.2 Å². The number of rotatable bonds is 5. The van der Waals surface area contributed by atoms with Crippen LogP contribution in [0.1, 0.15) is 16.7 Å². The highest BCUT2D eigenvalue weighted by Crippen LogP contribution is 2.43. The molecule has 0 amide bonds. The number of alkyl halides is 1. The molecule has 2 fully saturated rings. The number of nitrogens with zero attached hydrogens (tertiary/aromatic N) is 2. The first kappa shape index (κ1) is 23.9. The second kappa shape index (κ2) is 9.14. The van der Waals surface area contributed by atoms with Gasteiger partial charge in [0.15, 0.2) is 24.9 Å². The number of anilines is 1. The van der Waals surface area contributed by atoms with Crippen molar-refractivity contribution in [2.45, 2.75) is 31.2 Å². The van der Waals surface area contributed by atoms with E-state index in [1.54, 1.807) is 0 Å². The van der Waals surface area contributed by atoms with Gasteiger partial charge in [-0.15, -0.1) is 11.6 Å². The van der Waals surface area contributed by atoms with Gasteiger partial charge in [-0.2, -0.15) is 0 Å². The summed E-state index contributed by atoms with van der Waals surface area (Å²) in [7, 11) is 1.63. The van der Waals surface area contributed by atoms with Gasteiger partial charge in [0.05, 0.1) is 6.10 Å². The van der Waals surface area contributed by atoms with E-state index >= 15 is 0 Å². The summed E-state index contributed by atoms with van der Waals surface area (Å²) in [5, 5.41) is 3.01. The third-order valence-corrected chi connectivity index (χ3v) is 12.2. The maximum Gasteiger partial charge on any atom is 0.200 e. The van der Waals surface area contributed by atoms with Crippen molar-refractivity contribution in [2.24, 2.45) is 0 Å². The van der Waals surface area contributed by atoms with Crippen LogP contribution in [0.25, 0.3) is 5.57 Å². The van der Waals surface area contributed by atoms with Crippen LogP contribution in [0.2, 0.25) is 13.1 Å². The highest BCUT2D eigenvalue weighted by molar-refractivity contribution is 6.98. The van der Waals surface area contributed by atoms with Crippen LogP contribution in [0.3, 0.4) is 0 Å². The fourth-order valence-electron chi connectivity index (χ4n) is 5.99. The summed E-state index contributed by atoms with van der Waals surface area (Å²) >= 11 is 6.46. The number of ether oxygens (including phenoxy) is 2. The van der Waals surface area contributed by atoms with E-state index in [2.05, 4.69) is 83.3 Å². The fourth-order valence-corrected chi connectivity index (χ4v) is 9.29. The van der Waals surface area contributed by atoms with Crippen molar-refractivity contribution in [3.63, 3.8) is 0 Å². The standard InChI is InChI=1S/C30H34ClN2O2Si/c1-34-23-16-32(17-23)21-9-11-26-28(13-21)36(3,4)29-14-22(33-18-24(19-33)35-2)10-12-27(29)30(26)25-8-6-5-7-20(25)15-31/h5-14,23-24H,15-19H2,1-4H3/q+1. The number of allylic oxidation sites excluding steroid dienone is 5. The maximum absolute atomic E-state index is 6.46. The molecule has 36 heavy (non-hydrogen) atoms. The van der Waals surface area contributed by atoms with Crippen molar-refractivity contribution < 1.29 is 14.0 Å². The number of halogens is 1. The largest absolute Gasteiger partial charge is 0.378 e. The lowest BCUT2D eigenvalue weighted by Gasteiger charge is -2.42. The van der Waals surface area contributed by atoms with Gasteiger partial charge >= 0.3 is 0 Å². The highest BCUT2D eigenvalue weighted by Gasteiger charge is 2.42. The number of hydrogen-bond donors (Lipinski definition) is 0. The first-order chi connectivity index (χ1) is 17.4. The molecular weight excluding hydrogens is 484 g/mol. The zero-order valence-corrected chi connectivity index (χ0v) is 23.3. The fraction of sp³-hybridized carbons (Fsp3) is 0.367. The average molecular weight is 518 g/mol. The number of hydrogen-bond acceptors (Lipinski definition) is 3. The van der Waals surface area contributed by atoms with Crippen LogP contribution in [-0.2, 0) is 15.4 Å². The molecule has 0 saturated carbocycles. The molecule has 3 aliphatic heterocycles. The van der Waals surface area contributed by atoms with E-state index in [4.69, 9.17) is 21.1 Å². The van der Waals surface area contributed by atoms with E-state index < -0.39 is 8.07 Å². The predicted molar refractivity (Wildman–Crippen MR) is 152 cm³/mol. The first-order valence-electron chi connectivity index (χ1n) is 12.8. The van der Waals surface area contributed by atoms with Gasteiger partial charge in [-0.25, -0.2) is 4.58 Å². The van der Waals surface area contributed by atoms with Crippen molar-refractivity contribution in [3.8, 4) is 0 Å². The maximum atomic E-state index is 6.46. The molecule has 0 spiro atoms. The van der Waals surface area contributed by atoms with Crippen LogP contribution < -0.4 is 10.1 Å². The summed E-state index contributed by atoms with van der Waals surface area (Å²) in [4.78, 5) is 2.43. The Bertz CT molecular complexity index is 1340. The Morgan fingerprint density at radius 1 is 0.972 bits per heavy atom. The molecule has 0 radical (unpaired) electrons. The summed E-state index contributed by atoms with van der Waals surface area (Å²) in [5.41, 5.74) is 9.07. The van der Waals surface area contributed by atoms with Crippen molar-refractivity contribution in [3.05, 3.63) is 88.2 Å². The molecule has 2 saturated heterocycles. The number of methoxy groups -OCH3 is 2. The quantitative estimate of drug-likeness (QED) is 0.331. The van der Waals surface area contributed by atoms with Crippen LogP contribution in [0.4, 0.5) is 5.69 Å². The minimum atomic E-state index is -1.99. The Morgan fingerprint density at radius 2 is 1.72 bits per heavy atom. The molecule has 0 unspecified atom stereocenters. The molecule has 1 aliphatic carbocycles. The molecule has 0 bridgehead atoms. The molecule has 0 atom stereocenters. The van der Waals surface area contributed by atoms with Crippen molar-refractivity contribution in [2.75, 3.05) is 45.3 Å². The van der Waals surface area contributed by atoms with Gasteiger partial charge in [0.25, 0.3) is 0 Å².